The molecule has 78 valence electrons. The van der Waals surface area contributed by atoms with Gasteiger partial charge in [0.05, 0.1) is 21.4 Å². The van der Waals surface area contributed by atoms with Gasteiger partial charge in [-0.2, -0.15) is 11.1 Å². The van der Waals surface area contributed by atoms with Crippen molar-refractivity contribution in [1.29, 1.82) is 0 Å². The zero-order valence-electron chi connectivity index (χ0n) is 7.95. The Balaban J connectivity index is 1.84. The highest BCUT2D eigenvalue weighted by Crippen LogP contribution is 2.22. The van der Waals surface area contributed by atoms with Gasteiger partial charge in [0.25, 0.3) is 0 Å². The van der Waals surface area contributed by atoms with Crippen LogP contribution in [0.4, 0.5) is 0 Å². The smallest absolute Gasteiger partial charge is 0.0968 e. The molecule has 0 spiro atoms. The van der Waals surface area contributed by atoms with Gasteiger partial charge in [-0.1, -0.05) is 12.1 Å². The fourth-order valence-electron chi connectivity index (χ4n) is 1.57. The number of benzene rings is 1. The monoisotopic (exact) mass is 221 g/mol. The summed E-state index contributed by atoms with van der Waals surface area (Å²) in [7, 11) is 0. The maximum absolute atomic E-state index is 4.56. The molecule has 0 atom stereocenters. The molecular formula is C9H11N5S. The molecule has 5 nitrogen and oxygen atoms in total. The van der Waals surface area contributed by atoms with Gasteiger partial charge in [-0.25, -0.2) is 15.8 Å². The van der Waals surface area contributed by atoms with Crippen LogP contribution in [0.25, 0.3) is 10.2 Å². The van der Waals surface area contributed by atoms with Crippen LogP contribution in [0.5, 0.6) is 0 Å². The van der Waals surface area contributed by atoms with Gasteiger partial charge >= 0.3 is 0 Å². The van der Waals surface area contributed by atoms with E-state index in [1.54, 1.807) is 11.3 Å². The number of para-hydroxylation sites is 1. The third-order valence-corrected chi connectivity index (χ3v) is 3.33. The highest BCUT2D eigenvalue weighted by molar-refractivity contribution is 7.18. The van der Waals surface area contributed by atoms with E-state index in [0.29, 0.717) is 0 Å². The van der Waals surface area contributed by atoms with Gasteiger partial charge in [0.2, 0.25) is 0 Å². The van der Waals surface area contributed by atoms with Crippen LogP contribution < -0.4 is 21.9 Å². The summed E-state index contributed by atoms with van der Waals surface area (Å²) in [6.45, 7) is 0. The number of fused-ring (bicyclic) bond motifs is 1. The van der Waals surface area contributed by atoms with E-state index in [1.165, 1.54) is 4.70 Å². The second-order valence-electron chi connectivity index (χ2n) is 3.37. The lowest BCUT2D eigenvalue weighted by Crippen LogP contribution is -2.35. The highest BCUT2D eigenvalue weighted by Gasteiger charge is 2.15. The van der Waals surface area contributed by atoms with E-state index in [4.69, 9.17) is 0 Å². The minimum Gasteiger partial charge on any atom is -0.241 e. The molecule has 6 heteroatoms. The van der Waals surface area contributed by atoms with Gasteiger partial charge in [0, 0.05) is 6.42 Å². The first-order valence-electron chi connectivity index (χ1n) is 4.77. The average molecular weight is 221 g/mol. The van der Waals surface area contributed by atoms with Gasteiger partial charge in [-0.15, -0.1) is 11.3 Å². The quantitative estimate of drug-likeness (QED) is 0.587. The van der Waals surface area contributed by atoms with Crippen molar-refractivity contribution in [2.75, 3.05) is 0 Å². The Hall–Kier alpha value is -1.05. The minimum absolute atomic E-state index is 0.186. The summed E-state index contributed by atoms with van der Waals surface area (Å²) in [5.41, 5.74) is 12.8. The molecule has 0 saturated carbocycles. The number of nitrogens with zero attached hydrogens (tertiary/aromatic N) is 1. The molecule has 0 amide bonds. The van der Waals surface area contributed by atoms with Gasteiger partial charge in [0.15, 0.2) is 0 Å². The Labute approximate surface area is 90.8 Å². The Morgan fingerprint density at radius 1 is 1.20 bits per heavy atom. The van der Waals surface area contributed by atoms with Crippen LogP contribution in [0.2, 0.25) is 0 Å². The van der Waals surface area contributed by atoms with Crippen molar-refractivity contribution in [3.63, 3.8) is 0 Å². The molecule has 0 radical (unpaired) electrons. The van der Waals surface area contributed by atoms with E-state index < -0.39 is 0 Å². The normalized spacial score (nSPS) is 17.6. The van der Waals surface area contributed by atoms with Crippen LogP contribution in [0.3, 0.4) is 0 Å². The summed E-state index contributed by atoms with van der Waals surface area (Å²) in [6, 6.07) is 8.20. The SMILES string of the molecule is c1ccc2sc(CC3NNNN3)nc2c1. The summed E-state index contributed by atoms with van der Waals surface area (Å²) in [6.07, 6.45) is 1.05. The summed E-state index contributed by atoms with van der Waals surface area (Å²) < 4.78 is 1.24. The molecule has 2 heterocycles. The van der Waals surface area contributed by atoms with Crippen molar-refractivity contribution in [1.82, 2.24) is 26.9 Å². The number of hydrogen-bond donors (Lipinski definition) is 4. The molecule has 0 unspecified atom stereocenters. The van der Waals surface area contributed by atoms with E-state index >= 15 is 0 Å². The molecule has 0 aliphatic carbocycles. The minimum atomic E-state index is 0.186. The fourth-order valence-corrected chi connectivity index (χ4v) is 2.58. The second-order valence-corrected chi connectivity index (χ2v) is 4.49. The molecular weight excluding hydrogens is 210 g/mol. The van der Waals surface area contributed by atoms with E-state index in [2.05, 4.69) is 33.0 Å². The number of aromatic nitrogens is 1. The van der Waals surface area contributed by atoms with Crippen molar-refractivity contribution in [3.8, 4) is 0 Å². The second kappa shape index (κ2) is 3.84. The summed E-state index contributed by atoms with van der Waals surface area (Å²) >= 11 is 1.74. The van der Waals surface area contributed by atoms with Gasteiger partial charge < -0.3 is 0 Å². The van der Waals surface area contributed by atoms with E-state index in [1.807, 2.05) is 18.2 Å². The number of hydrogen-bond acceptors (Lipinski definition) is 6. The lowest BCUT2D eigenvalue weighted by molar-refractivity contribution is 0.522. The molecule has 1 saturated heterocycles. The molecule has 1 aromatic heterocycles. The van der Waals surface area contributed by atoms with Crippen LogP contribution >= 0.6 is 11.3 Å². The molecule has 1 aromatic carbocycles. The van der Waals surface area contributed by atoms with E-state index in [9.17, 15) is 0 Å². The topological polar surface area (TPSA) is 61.0 Å². The summed E-state index contributed by atoms with van der Waals surface area (Å²) in [4.78, 5) is 4.56. The Morgan fingerprint density at radius 2 is 2.00 bits per heavy atom. The van der Waals surface area contributed by atoms with Crippen LogP contribution in [-0.2, 0) is 6.42 Å². The Kier molecular flexibility index (Phi) is 2.35. The molecule has 2 aromatic rings. The van der Waals surface area contributed by atoms with Crippen LogP contribution in [0.1, 0.15) is 5.01 Å². The zero-order valence-corrected chi connectivity index (χ0v) is 8.77. The fraction of sp³-hybridized carbons (Fsp3) is 0.222. The van der Waals surface area contributed by atoms with Crippen molar-refractivity contribution in [2.24, 2.45) is 0 Å². The Bertz CT molecular complexity index is 429. The highest BCUT2D eigenvalue weighted by atomic mass is 32.1. The third-order valence-electron chi connectivity index (χ3n) is 2.27. The predicted molar refractivity (Wildman–Crippen MR) is 59.7 cm³/mol. The number of rotatable bonds is 2. The third kappa shape index (κ3) is 1.85. The number of nitrogens with one attached hydrogen (secondary N) is 4. The molecule has 15 heavy (non-hydrogen) atoms. The first kappa shape index (κ1) is 9.20. The number of hydrazine groups is 3. The summed E-state index contributed by atoms with van der Waals surface area (Å²) in [5, 5.41) is 1.13. The maximum atomic E-state index is 4.56. The molecule has 1 aliphatic heterocycles. The van der Waals surface area contributed by atoms with E-state index in [0.717, 1.165) is 16.9 Å². The van der Waals surface area contributed by atoms with E-state index in [-0.39, 0.29) is 6.17 Å². The van der Waals surface area contributed by atoms with Crippen LogP contribution in [0, 0.1) is 0 Å². The maximum Gasteiger partial charge on any atom is 0.0968 e. The van der Waals surface area contributed by atoms with Gasteiger partial charge in [-0.3, -0.25) is 0 Å². The Morgan fingerprint density at radius 3 is 2.80 bits per heavy atom. The largest absolute Gasteiger partial charge is 0.241 e. The molecule has 1 aliphatic rings. The zero-order chi connectivity index (χ0) is 10.1. The molecule has 1 fully saturated rings. The first-order chi connectivity index (χ1) is 7.42. The van der Waals surface area contributed by atoms with Gasteiger partial charge in [0.1, 0.15) is 0 Å². The van der Waals surface area contributed by atoms with Crippen molar-refractivity contribution >= 4 is 21.6 Å². The average Bonchev–Trinajstić information content (AvgIpc) is 2.86. The molecule has 3 rings (SSSR count). The lowest BCUT2D eigenvalue weighted by atomic mass is 10.3. The van der Waals surface area contributed by atoms with Crippen LogP contribution in [0.15, 0.2) is 24.3 Å². The van der Waals surface area contributed by atoms with Crippen molar-refractivity contribution in [2.45, 2.75) is 12.6 Å². The summed E-state index contributed by atoms with van der Waals surface area (Å²) in [5.74, 6) is 0. The molecule has 4 N–H and O–H groups in total. The lowest BCUT2D eigenvalue weighted by Gasteiger charge is -2.04. The van der Waals surface area contributed by atoms with Crippen molar-refractivity contribution in [3.05, 3.63) is 29.3 Å². The standard InChI is InChI=1S/C9H11N5S/c1-2-4-7-6(3-1)10-9(15-7)5-8-11-13-14-12-8/h1-4,8,11-14H,5H2. The predicted octanol–water partition coefficient (Wildman–Crippen LogP) is 0.282. The van der Waals surface area contributed by atoms with Gasteiger partial charge in [-0.05, 0) is 12.1 Å². The van der Waals surface area contributed by atoms with Crippen molar-refractivity contribution < 1.29 is 0 Å². The van der Waals surface area contributed by atoms with Crippen LogP contribution in [-0.4, -0.2) is 11.1 Å². The molecule has 0 bridgehead atoms. The number of thiazole rings is 1. The first-order valence-corrected chi connectivity index (χ1v) is 5.59.